The zero-order chi connectivity index (χ0) is 28.6. The van der Waals surface area contributed by atoms with Gasteiger partial charge in [-0.2, -0.15) is 0 Å². The van der Waals surface area contributed by atoms with Crippen molar-refractivity contribution in [3.63, 3.8) is 0 Å². The molecule has 0 bridgehead atoms. The lowest BCUT2D eigenvalue weighted by molar-refractivity contribution is -0.149. The molecule has 1 amide bonds. The SMILES string of the molecule is CCCc1nc2c(N)nc3ccccc3c2n1CCCN(Cc1cccc(OCC(=O)OC(C)C)c1)C(=O)CCl. The normalized spacial score (nSPS) is 11.3. The highest BCUT2D eigenvalue weighted by atomic mass is 35.5. The van der Waals surface area contributed by atoms with Gasteiger partial charge < -0.3 is 24.7 Å². The second kappa shape index (κ2) is 13.5. The lowest BCUT2D eigenvalue weighted by Crippen LogP contribution is -2.33. The van der Waals surface area contributed by atoms with Crippen molar-refractivity contribution >= 4 is 51.2 Å². The predicted molar refractivity (Wildman–Crippen MR) is 157 cm³/mol. The second-order valence-electron chi connectivity index (χ2n) is 9.92. The minimum atomic E-state index is -0.431. The van der Waals surface area contributed by atoms with E-state index in [1.807, 2.05) is 42.5 Å². The number of aryl methyl sites for hydroxylation is 2. The predicted octanol–water partition coefficient (Wildman–Crippen LogP) is 5.11. The number of pyridine rings is 1. The Morgan fingerprint density at radius 1 is 1.12 bits per heavy atom. The first-order valence-electron chi connectivity index (χ1n) is 13.6. The quantitative estimate of drug-likeness (QED) is 0.177. The van der Waals surface area contributed by atoms with Crippen molar-refractivity contribution in [3.05, 3.63) is 59.9 Å². The number of halogens is 1. The number of carbonyl (C=O) groups is 2. The van der Waals surface area contributed by atoms with Crippen molar-refractivity contribution in [2.24, 2.45) is 0 Å². The molecule has 0 unspecified atom stereocenters. The lowest BCUT2D eigenvalue weighted by Gasteiger charge is -2.23. The van der Waals surface area contributed by atoms with Crippen LogP contribution in [0.3, 0.4) is 0 Å². The molecule has 40 heavy (non-hydrogen) atoms. The Balaban J connectivity index is 1.50. The van der Waals surface area contributed by atoms with Crippen LogP contribution in [-0.2, 0) is 33.8 Å². The van der Waals surface area contributed by atoms with E-state index in [0.717, 1.165) is 40.6 Å². The number of nitrogen functional groups attached to an aromatic ring is 1. The molecule has 0 spiro atoms. The van der Waals surface area contributed by atoms with Crippen LogP contribution in [0.15, 0.2) is 48.5 Å². The number of aromatic nitrogens is 3. The molecule has 0 radical (unpaired) electrons. The van der Waals surface area contributed by atoms with Crippen LogP contribution in [-0.4, -0.2) is 56.4 Å². The summed E-state index contributed by atoms with van der Waals surface area (Å²) in [4.78, 5) is 35.8. The van der Waals surface area contributed by atoms with Crippen molar-refractivity contribution in [1.82, 2.24) is 19.4 Å². The fourth-order valence-electron chi connectivity index (χ4n) is 4.75. The number of esters is 1. The van der Waals surface area contributed by atoms with E-state index >= 15 is 0 Å². The molecule has 2 aromatic heterocycles. The number of hydrogen-bond donors (Lipinski definition) is 1. The third-order valence-electron chi connectivity index (χ3n) is 6.44. The lowest BCUT2D eigenvalue weighted by atomic mass is 10.1. The van der Waals surface area contributed by atoms with Crippen molar-refractivity contribution in [3.8, 4) is 5.75 Å². The van der Waals surface area contributed by atoms with Gasteiger partial charge in [-0.05, 0) is 50.5 Å². The smallest absolute Gasteiger partial charge is 0.344 e. The Hall–Kier alpha value is -3.85. The van der Waals surface area contributed by atoms with Gasteiger partial charge in [0.05, 0.1) is 17.1 Å². The van der Waals surface area contributed by atoms with E-state index in [1.54, 1.807) is 24.8 Å². The van der Waals surface area contributed by atoms with Gasteiger partial charge in [-0.3, -0.25) is 4.79 Å². The van der Waals surface area contributed by atoms with E-state index in [9.17, 15) is 9.59 Å². The third kappa shape index (κ3) is 7.01. The summed E-state index contributed by atoms with van der Waals surface area (Å²) in [7, 11) is 0. The van der Waals surface area contributed by atoms with Gasteiger partial charge in [0, 0.05) is 31.4 Å². The Morgan fingerprint density at radius 3 is 2.67 bits per heavy atom. The number of imidazole rings is 1. The summed E-state index contributed by atoms with van der Waals surface area (Å²) >= 11 is 5.97. The molecular formula is C30H36ClN5O4. The van der Waals surface area contributed by atoms with E-state index in [2.05, 4.69) is 16.5 Å². The minimum Gasteiger partial charge on any atom is -0.482 e. The van der Waals surface area contributed by atoms with Crippen LogP contribution in [0, 0.1) is 0 Å². The first kappa shape index (κ1) is 29.1. The summed E-state index contributed by atoms with van der Waals surface area (Å²) in [6, 6.07) is 15.3. The number of benzene rings is 2. The largest absolute Gasteiger partial charge is 0.482 e. The van der Waals surface area contributed by atoms with E-state index in [1.165, 1.54) is 0 Å². The van der Waals surface area contributed by atoms with Crippen LogP contribution < -0.4 is 10.5 Å². The van der Waals surface area contributed by atoms with Crippen LogP contribution in [0.1, 0.15) is 45.0 Å². The average Bonchev–Trinajstić information content (AvgIpc) is 3.30. The molecular weight excluding hydrogens is 530 g/mol. The number of rotatable bonds is 13. The molecule has 212 valence electrons. The van der Waals surface area contributed by atoms with Gasteiger partial charge in [-0.1, -0.05) is 37.3 Å². The van der Waals surface area contributed by atoms with Crippen LogP contribution in [0.4, 0.5) is 5.82 Å². The summed E-state index contributed by atoms with van der Waals surface area (Å²) < 4.78 is 12.9. The Morgan fingerprint density at radius 2 is 1.93 bits per heavy atom. The Labute approximate surface area is 239 Å². The highest BCUT2D eigenvalue weighted by molar-refractivity contribution is 6.27. The Kier molecular flexibility index (Phi) is 9.82. The molecule has 2 N–H and O–H groups in total. The van der Waals surface area contributed by atoms with Gasteiger partial charge in [0.25, 0.3) is 0 Å². The van der Waals surface area contributed by atoms with Crippen molar-refractivity contribution < 1.29 is 19.1 Å². The number of nitrogens with zero attached hydrogens (tertiary/aromatic N) is 4. The minimum absolute atomic E-state index is 0.112. The topological polar surface area (TPSA) is 113 Å². The molecule has 0 saturated heterocycles. The molecule has 2 heterocycles. The fraction of sp³-hybridized carbons (Fsp3) is 0.400. The van der Waals surface area contributed by atoms with Gasteiger partial charge in [-0.15, -0.1) is 11.6 Å². The number of alkyl halides is 1. The third-order valence-corrected chi connectivity index (χ3v) is 6.66. The maximum atomic E-state index is 12.8. The first-order valence-corrected chi connectivity index (χ1v) is 14.1. The summed E-state index contributed by atoms with van der Waals surface area (Å²) in [6.45, 7) is 7.04. The van der Waals surface area contributed by atoms with E-state index in [-0.39, 0.29) is 24.5 Å². The van der Waals surface area contributed by atoms with Crippen LogP contribution in [0.2, 0.25) is 0 Å². The highest BCUT2D eigenvalue weighted by Crippen LogP contribution is 2.29. The maximum absolute atomic E-state index is 12.8. The monoisotopic (exact) mass is 565 g/mol. The van der Waals surface area contributed by atoms with Gasteiger partial charge in [-0.25, -0.2) is 14.8 Å². The van der Waals surface area contributed by atoms with Crippen LogP contribution in [0.25, 0.3) is 21.9 Å². The van der Waals surface area contributed by atoms with Gasteiger partial charge in [0.2, 0.25) is 5.91 Å². The van der Waals surface area contributed by atoms with E-state index in [0.29, 0.717) is 43.1 Å². The molecule has 0 atom stereocenters. The fourth-order valence-corrected chi connectivity index (χ4v) is 4.92. The zero-order valence-corrected chi connectivity index (χ0v) is 24.0. The summed E-state index contributed by atoms with van der Waals surface area (Å²) in [5.74, 6) is 1.21. The molecule has 10 heteroatoms. The summed E-state index contributed by atoms with van der Waals surface area (Å²) in [6.07, 6.45) is 2.24. The number of ether oxygens (including phenoxy) is 2. The van der Waals surface area contributed by atoms with E-state index in [4.69, 9.17) is 31.8 Å². The number of fused-ring (bicyclic) bond motifs is 3. The first-order chi connectivity index (χ1) is 19.3. The molecule has 0 fully saturated rings. The molecule has 2 aromatic carbocycles. The highest BCUT2D eigenvalue weighted by Gasteiger charge is 2.18. The molecule has 0 aliphatic carbocycles. The van der Waals surface area contributed by atoms with Gasteiger partial charge >= 0.3 is 5.97 Å². The molecule has 0 aliphatic rings. The number of hydrogen-bond acceptors (Lipinski definition) is 7. The number of carbonyl (C=O) groups excluding carboxylic acids is 2. The maximum Gasteiger partial charge on any atom is 0.344 e. The molecule has 4 rings (SSSR count). The molecule has 9 nitrogen and oxygen atoms in total. The number of anilines is 1. The van der Waals surface area contributed by atoms with E-state index < -0.39 is 5.97 Å². The van der Waals surface area contributed by atoms with Crippen molar-refractivity contribution in [1.29, 1.82) is 0 Å². The zero-order valence-electron chi connectivity index (χ0n) is 23.2. The summed E-state index contributed by atoms with van der Waals surface area (Å²) in [5, 5.41) is 1.00. The number of amides is 1. The number of para-hydroxylation sites is 1. The number of nitrogens with two attached hydrogens (primary N) is 1. The standard InChI is InChI=1S/C30H36ClN5O4/c1-4-9-25-34-28-29(23-12-5-6-13-24(23)33-30(28)32)36(25)15-8-14-35(26(37)17-31)18-21-10-7-11-22(16-21)39-19-27(38)40-20(2)3/h5-7,10-13,16,20H,4,8-9,14-15,17-19H2,1-3H3,(H2,32,33). The second-order valence-corrected chi connectivity index (χ2v) is 10.2. The van der Waals surface area contributed by atoms with Crippen molar-refractivity contribution in [2.45, 2.75) is 59.2 Å². The van der Waals surface area contributed by atoms with Crippen LogP contribution >= 0.6 is 11.6 Å². The van der Waals surface area contributed by atoms with Gasteiger partial charge in [0.1, 0.15) is 23.0 Å². The molecule has 0 saturated carbocycles. The molecule has 4 aromatic rings. The van der Waals surface area contributed by atoms with Gasteiger partial charge in [0.15, 0.2) is 12.4 Å². The van der Waals surface area contributed by atoms with Crippen LogP contribution in [0.5, 0.6) is 5.75 Å². The Bertz CT molecular complexity index is 1490. The average molecular weight is 566 g/mol. The molecule has 0 aliphatic heterocycles. The summed E-state index contributed by atoms with van der Waals surface area (Å²) in [5.41, 5.74) is 9.69. The van der Waals surface area contributed by atoms with Crippen molar-refractivity contribution in [2.75, 3.05) is 24.8 Å².